The van der Waals surface area contributed by atoms with Gasteiger partial charge in [-0.25, -0.2) is 0 Å². The maximum absolute atomic E-state index is 12.4. The number of carbonyl (C=O) groups is 2. The summed E-state index contributed by atoms with van der Waals surface area (Å²) in [5.74, 6) is 0.160. The molecule has 4 nitrogen and oxygen atoms in total. The molecule has 1 amide bonds. The first-order chi connectivity index (χ1) is 9.45. The summed E-state index contributed by atoms with van der Waals surface area (Å²) in [6.07, 6.45) is 0.916. The van der Waals surface area contributed by atoms with Crippen LogP contribution in [-0.2, 0) is 4.79 Å². The van der Waals surface area contributed by atoms with Crippen LogP contribution in [0.4, 0.5) is 0 Å². The number of carbonyl (C=O) groups excluding carboxylic acids is 2. The Labute approximate surface area is 120 Å². The minimum atomic E-state index is -0.00212. The number of benzene rings is 1. The van der Waals surface area contributed by atoms with Crippen molar-refractivity contribution in [3.05, 3.63) is 34.9 Å². The lowest BCUT2D eigenvalue weighted by atomic mass is 10.0. The highest BCUT2D eigenvalue weighted by Crippen LogP contribution is 2.14. The first-order valence-electron chi connectivity index (χ1n) is 7.05. The van der Waals surface area contributed by atoms with Crippen LogP contribution in [0.1, 0.15) is 34.8 Å². The fourth-order valence-electron chi connectivity index (χ4n) is 2.71. The van der Waals surface area contributed by atoms with Crippen LogP contribution >= 0.6 is 0 Å². The lowest BCUT2D eigenvalue weighted by molar-refractivity contribution is -0.119. The fraction of sp³-hybridized carbons (Fsp3) is 0.500. The average Bonchev–Trinajstić information content (AvgIpc) is 2.78. The van der Waals surface area contributed by atoms with Gasteiger partial charge in [0.05, 0.1) is 6.54 Å². The van der Waals surface area contributed by atoms with Crippen LogP contribution in [-0.4, -0.2) is 42.3 Å². The summed E-state index contributed by atoms with van der Waals surface area (Å²) >= 11 is 0. The second-order valence-electron chi connectivity index (χ2n) is 5.66. The van der Waals surface area contributed by atoms with Gasteiger partial charge in [-0.1, -0.05) is 17.7 Å². The van der Waals surface area contributed by atoms with Gasteiger partial charge < -0.3 is 5.32 Å². The number of nitrogens with one attached hydrogen (secondary N) is 1. The number of hydrogen-bond acceptors (Lipinski definition) is 3. The monoisotopic (exact) mass is 274 g/mol. The van der Waals surface area contributed by atoms with Crippen molar-refractivity contribution in [2.75, 3.05) is 19.6 Å². The molecule has 0 radical (unpaired) electrons. The standard InChI is InChI=1S/C16H22N2O2/c1-11-4-5-12(2)15(8-11)16(20)10-18-7-6-14(9-18)17-13(3)19/h4-5,8,14H,6-7,9-10H2,1-3H3,(H,17,19). The number of amides is 1. The third kappa shape index (κ3) is 3.67. The number of aryl methyl sites for hydroxylation is 2. The minimum absolute atomic E-state index is 0.00212. The van der Waals surface area contributed by atoms with Gasteiger partial charge in [0.1, 0.15) is 0 Å². The number of ketones is 1. The SMILES string of the molecule is CC(=O)NC1CCN(CC(=O)c2cc(C)ccc2C)C1. The van der Waals surface area contributed by atoms with Crippen LogP contribution in [0.5, 0.6) is 0 Å². The van der Waals surface area contributed by atoms with E-state index in [1.165, 1.54) is 6.92 Å². The number of Topliss-reactive ketones (excluding diaryl/α,β-unsaturated/α-hetero) is 1. The Morgan fingerprint density at radius 2 is 2.10 bits per heavy atom. The zero-order chi connectivity index (χ0) is 14.7. The highest BCUT2D eigenvalue weighted by molar-refractivity contribution is 5.99. The maximum Gasteiger partial charge on any atom is 0.217 e. The molecule has 1 fully saturated rings. The van der Waals surface area contributed by atoms with Crippen molar-refractivity contribution < 1.29 is 9.59 Å². The quantitative estimate of drug-likeness (QED) is 0.850. The zero-order valence-electron chi connectivity index (χ0n) is 12.4. The Morgan fingerprint density at radius 3 is 2.80 bits per heavy atom. The summed E-state index contributed by atoms with van der Waals surface area (Å²) in [4.78, 5) is 25.5. The lowest BCUT2D eigenvalue weighted by Gasteiger charge is -2.16. The molecular formula is C16H22N2O2. The van der Waals surface area contributed by atoms with Crippen molar-refractivity contribution in [2.24, 2.45) is 0 Å². The molecule has 0 saturated carbocycles. The van der Waals surface area contributed by atoms with Crippen molar-refractivity contribution in [1.82, 2.24) is 10.2 Å². The Bertz CT molecular complexity index is 525. The summed E-state index contributed by atoms with van der Waals surface area (Å²) in [5.41, 5.74) is 2.95. The average molecular weight is 274 g/mol. The molecule has 1 N–H and O–H groups in total. The van der Waals surface area contributed by atoms with E-state index in [-0.39, 0.29) is 17.7 Å². The van der Waals surface area contributed by atoms with Gasteiger partial charge in [-0.3, -0.25) is 14.5 Å². The smallest absolute Gasteiger partial charge is 0.217 e. The third-order valence-corrected chi connectivity index (χ3v) is 3.74. The van der Waals surface area contributed by atoms with Gasteiger partial charge in [-0.2, -0.15) is 0 Å². The predicted octanol–water partition coefficient (Wildman–Crippen LogP) is 1.70. The van der Waals surface area contributed by atoms with E-state index in [2.05, 4.69) is 10.2 Å². The molecule has 1 aliphatic heterocycles. The van der Waals surface area contributed by atoms with Crippen molar-refractivity contribution in [1.29, 1.82) is 0 Å². The molecule has 108 valence electrons. The summed E-state index contributed by atoms with van der Waals surface area (Å²) in [6, 6.07) is 6.15. The van der Waals surface area contributed by atoms with Gasteiger partial charge in [0, 0.05) is 31.6 Å². The van der Waals surface area contributed by atoms with E-state index in [4.69, 9.17) is 0 Å². The van der Waals surface area contributed by atoms with Gasteiger partial charge in [0.2, 0.25) is 5.91 Å². The zero-order valence-corrected chi connectivity index (χ0v) is 12.4. The normalized spacial score (nSPS) is 19.1. The molecule has 1 atom stereocenters. The molecule has 1 saturated heterocycles. The fourth-order valence-corrected chi connectivity index (χ4v) is 2.71. The van der Waals surface area contributed by atoms with Crippen LogP contribution in [0.2, 0.25) is 0 Å². The molecule has 1 aromatic rings. The number of rotatable bonds is 4. The second-order valence-corrected chi connectivity index (χ2v) is 5.66. The first kappa shape index (κ1) is 14.7. The Morgan fingerprint density at radius 1 is 1.35 bits per heavy atom. The number of nitrogens with zero attached hydrogens (tertiary/aromatic N) is 1. The van der Waals surface area contributed by atoms with E-state index < -0.39 is 0 Å². The van der Waals surface area contributed by atoms with Crippen molar-refractivity contribution >= 4 is 11.7 Å². The number of hydrogen-bond donors (Lipinski definition) is 1. The summed E-state index contributed by atoms with van der Waals surface area (Å²) in [5, 5.41) is 2.91. The Kier molecular flexibility index (Phi) is 4.55. The van der Waals surface area contributed by atoms with Crippen molar-refractivity contribution in [3.63, 3.8) is 0 Å². The summed E-state index contributed by atoms with van der Waals surface area (Å²) < 4.78 is 0. The second kappa shape index (κ2) is 6.18. The van der Waals surface area contributed by atoms with E-state index in [1.54, 1.807) is 0 Å². The Hall–Kier alpha value is -1.68. The van der Waals surface area contributed by atoms with Gasteiger partial charge >= 0.3 is 0 Å². The largest absolute Gasteiger partial charge is 0.352 e. The van der Waals surface area contributed by atoms with Crippen LogP contribution in [0, 0.1) is 13.8 Å². The number of likely N-dealkylation sites (tertiary alicyclic amines) is 1. The van der Waals surface area contributed by atoms with Gasteiger partial charge in [-0.15, -0.1) is 0 Å². The van der Waals surface area contributed by atoms with Gasteiger partial charge in [-0.05, 0) is 31.9 Å². The molecule has 4 heteroatoms. The molecule has 0 aliphatic carbocycles. The van der Waals surface area contributed by atoms with Crippen LogP contribution < -0.4 is 5.32 Å². The third-order valence-electron chi connectivity index (χ3n) is 3.74. The van der Waals surface area contributed by atoms with Crippen LogP contribution in [0.15, 0.2) is 18.2 Å². The van der Waals surface area contributed by atoms with Gasteiger partial charge in [0.15, 0.2) is 5.78 Å². The molecular weight excluding hydrogens is 252 g/mol. The van der Waals surface area contributed by atoms with Crippen LogP contribution in [0.3, 0.4) is 0 Å². The van der Waals surface area contributed by atoms with E-state index in [1.807, 2.05) is 32.0 Å². The van der Waals surface area contributed by atoms with Crippen LogP contribution in [0.25, 0.3) is 0 Å². The molecule has 0 bridgehead atoms. The van der Waals surface area contributed by atoms with E-state index in [0.717, 1.165) is 36.2 Å². The van der Waals surface area contributed by atoms with Crippen molar-refractivity contribution in [2.45, 2.75) is 33.2 Å². The van der Waals surface area contributed by atoms with Gasteiger partial charge in [0.25, 0.3) is 0 Å². The van der Waals surface area contributed by atoms with Crippen molar-refractivity contribution in [3.8, 4) is 0 Å². The highest BCUT2D eigenvalue weighted by atomic mass is 16.1. The first-order valence-corrected chi connectivity index (χ1v) is 7.05. The van der Waals surface area contributed by atoms with E-state index >= 15 is 0 Å². The van der Waals surface area contributed by atoms with E-state index in [9.17, 15) is 9.59 Å². The molecule has 1 heterocycles. The molecule has 1 aromatic carbocycles. The summed E-state index contributed by atoms with van der Waals surface area (Å²) in [7, 11) is 0. The topological polar surface area (TPSA) is 49.4 Å². The molecule has 1 aliphatic rings. The molecule has 0 spiro atoms. The lowest BCUT2D eigenvalue weighted by Crippen LogP contribution is -2.36. The molecule has 1 unspecified atom stereocenters. The maximum atomic E-state index is 12.4. The predicted molar refractivity (Wildman–Crippen MR) is 78.9 cm³/mol. The Balaban J connectivity index is 1.95. The van der Waals surface area contributed by atoms with E-state index in [0.29, 0.717) is 6.54 Å². The molecule has 20 heavy (non-hydrogen) atoms. The summed E-state index contributed by atoms with van der Waals surface area (Å²) in [6.45, 7) is 7.55. The molecule has 2 rings (SSSR count). The highest BCUT2D eigenvalue weighted by Gasteiger charge is 2.25. The minimum Gasteiger partial charge on any atom is -0.352 e. The molecule has 0 aromatic heterocycles.